The number of rotatable bonds is 9. The van der Waals surface area contributed by atoms with E-state index in [4.69, 9.17) is 9.47 Å². The number of hydrogen-bond acceptors (Lipinski definition) is 5. The number of nitrogens with one attached hydrogen (secondary N) is 1. The van der Waals surface area contributed by atoms with E-state index >= 15 is 0 Å². The summed E-state index contributed by atoms with van der Waals surface area (Å²) >= 11 is 0. The first-order chi connectivity index (χ1) is 14.6. The highest BCUT2D eigenvalue weighted by Crippen LogP contribution is 2.20. The molecular formula is C23H25N3O4. The van der Waals surface area contributed by atoms with E-state index in [1.165, 1.54) is 17.0 Å². The smallest absolute Gasteiger partial charge is 0.255 e. The summed E-state index contributed by atoms with van der Waals surface area (Å²) in [5.74, 6) is 1.07. The third-order valence-corrected chi connectivity index (χ3v) is 4.41. The fourth-order valence-corrected chi connectivity index (χ4v) is 2.96. The van der Waals surface area contributed by atoms with Gasteiger partial charge in [-0.15, -0.1) is 0 Å². The molecular weight excluding hydrogens is 382 g/mol. The SMILES string of the molecule is CCOc1ccc(-c2cc(=O)n(CCNC(=O)c3ccccc3OCC)cn2)cc1. The van der Waals surface area contributed by atoms with Crippen molar-refractivity contribution in [2.75, 3.05) is 19.8 Å². The average molecular weight is 407 g/mol. The molecule has 1 heterocycles. The zero-order valence-corrected chi connectivity index (χ0v) is 17.1. The quantitative estimate of drug-likeness (QED) is 0.589. The summed E-state index contributed by atoms with van der Waals surface area (Å²) in [7, 11) is 0. The number of benzene rings is 2. The second kappa shape index (κ2) is 10.2. The van der Waals surface area contributed by atoms with Crippen molar-refractivity contribution in [2.45, 2.75) is 20.4 Å². The van der Waals surface area contributed by atoms with Crippen LogP contribution in [0.25, 0.3) is 11.3 Å². The molecule has 0 fully saturated rings. The zero-order valence-electron chi connectivity index (χ0n) is 17.1. The Labute approximate surface area is 175 Å². The molecule has 3 aromatic rings. The number of carbonyl (C=O) groups excluding carboxylic acids is 1. The summed E-state index contributed by atoms with van der Waals surface area (Å²) in [4.78, 5) is 29.2. The minimum atomic E-state index is -0.244. The molecule has 2 aromatic carbocycles. The van der Waals surface area contributed by atoms with E-state index in [1.807, 2.05) is 44.2 Å². The first-order valence-corrected chi connectivity index (χ1v) is 9.92. The molecule has 0 aliphatic rings. The number of nitrogens with zero attached hydrogens (tertiary/aromatic N) is 2. The Morgan fingerprint density at radius 2 is 1.77 bits per heavy atom. The lowest BCUT2D eigenvalue weighted by Crippen LogP contribution is -2.31. The van der Waals surface area contributed by atoms with Crippen molar-refractivity contribution in [2.24, 2.45) is 0 Å². The van der Waals surface area contributed by atoms with Crippen LogP contribution in [0.2, 0.25) is 0 Å². The van der Waals surface area contributed by atoms with Crippen molar-refractivity contribution in [3.05, 3.63) is 76.8 Å². The van der Waals surface area contributed by atoms with Crippen LogP contribution in [-0.4, -0.2) is 35.2 Å². The maximum Gasteiger partial charge on any atom is 0.255 e. The van der Waals surface area contributed by atoms with E-state index in [2.05, 4.69) is 10.3 Å². The zero-order chi connectivity index (χ0) is 21.3. The molecule has 30 heavy (non-hydrogen) atoms. The van der Waals surface area contributed by atoms with E-state index in [0.717, 1.165) is 11.3 Å². The summed E-state index contributed by atoms with van der Waals surface area (Å²) in [6.45, 7) is 5.48. The van der Waals surface area contributed by atoms with Gasteiger partial charge in [0.05, 0.1) is 30.8 Å². The van der Waals surface area contributed by atoms with Gasteiger partial charge in [0.2, 0.25) is 0 Å². The molecule has 0 radical (unpaired) electrons. The summed E-state index contributed by atoms with van der Waals surface area (Å²) < 4.78 is 12.4. The van der Waals surface area contributed by atoms with Crippen LogP contribution in [0.15, 0.2) is 65.7 Å². The molecule has 0 unspecified atom stereocenters. The van der Waals surface area contributed by atoms with Gasteiger partial charge in [-0.1, -0.05) is 12.1 Å². The van der Waals surface area contributed by atoms with Gasteiger partial charge in [-0.05, 0) is 50.2 Å². The van der Waals surface area contributed by atoms with Crippen molar-refractivity contribution >= 4 is 5.91 Å². The Bertz CT molecular complexity index is 1040. The molecule has 0 aliphatic carbocycles. The summed E-state index contributed by atoms with van der Waals surface area (Å²) in [6.07, 6.45) is 1.49. The van der Waals surface area contributed by atoms with Crippen LogP contribution in [0.5, 0.6) is 11.5 Å². The van der Waals surface area contributed by atoms with Crippen molar-refractivity contribution in [3.63, 3.8) is 0 Å². The lowest BCUT2D eigenvalue weighted by molar-refractivity contribution is 0.0948. The van der Waals surface area contributed by atoms with E-state index in [9.17, 15) is 9.59 Å². The number of aromatic nitrogens is 2. The lowest BCUT2D eigenvalue weighted by Gasteiger charge is -2.11. The maximum atomic E-state index is 12.4. The normalized spacial score (nSPS) is 10.5. The molecule has 3 rings (SSSR count). The van der Waals surface area contributed by atoms with Crippen LogP contribution in [0.4, 0.5) is 0 Å². The molecule has 1 amide bonds. The van der Waals surface area contributed by atoms with Crippen LogP contribution in [-0.2, 0) is 6.54 Å². The maximum absolute atomic E-state index is 12.4. The van der Waals surface area contributed by atoms with E-state index in [1.54, 1.807) is 18.2 Å². The highest BCUT2D eigenvalue weighted by atomic mass is 16.5. The van der Waals surface area contributed by atoms with Gasteiger partial charge in [-0.25, -0.2) is 4.98 Å². The molecule has 1 N–H and O–H groups in total. The summed E-state index contributed by atoms with van der Waals surface area (Å²) in [5, 5.41) is 2.82. The molecule has 0 saturated heterocycles. The van der Waals surface area contributed by atoms with Gasteiger partial charge < -0.3 is 14.8 Å². The fourth-order valence-electron chi connectivity index (χ4n) is 2.96. The average Bonchev–Trinajstić information content (AvgIpc) is 2.76. The Hall–Kier alpha value is -3.61. The highest BCUT2D eigenvalue weighted by Gasteiger charge is 2.11. The van der Waals surface area contributed by atoms with Crippen molar-refractivity contribution in [3.8, 4) is 22.8 Å². The van der Waals surface area contributed by atoms with Crippen LogP contribution in [0.3, 0.4) is 0 Å². The lowest BCUT2D eigenvalue weighted by atomic mass is 10.1. The largest absolute Gasteiger partial charge is 0.494 e. The molecule has 0 bridgehead atoms. The second-order valence-corrected chi connectivity index (χ2v) is 6.45. The summed E-state index contributed by atoms with van der Waals surface area (Å²) in [5.41, 5.74) is 1.71. The van der Waals surface area contributed by atoms with Gasteiger partial charge >= 0.3 is 0 Å². The van der Waals surface area contributed by atoms with Gasteiger partial charge in [0.1, 0.15) is 11.5 Å². The Morgan fingerprint density at radius 3 is 2.47 bits per heavy atom. The van der Waals surface area contributed by atoms with Gasteiger partial charge in [-0.2, -0.15) is 0 Å². The fraction of sp³-hybridized carbons (Fsp3) is 0.261. The summed E-state index contributed by atoms with van der Waals surface area (Å²) in [6, 6.07) is 16.0. The third kappa shape index (κ3) is 5.26. The molecule has 0 atom stereocenters. The minimum absolute atomic E-state index is 0.183. The number of hydrogen-bond donors (Lipinski definition) is 1. The van der Waals surface area contributed by atoms with Crippen molar-refractivity contribution in [1.82, 2.24) is 14.9 Å². The first kappa shape index (κ1) is 21.1. The van der Waals surface area contributed by atoms with Gasteiger partial charge in [0.25, 0.3) is 11.5 Å². The number of amides is 1. The van der Waals surface area contributed by atoms with Gasteiger partial charge in [-0.3, -0.25) is 14.2 Å². The molecule has 7 heteroatoms. The van der Waals surface area contributed by atoms with Crippen LogP contribution in [0, 0.1) is 0 Å². The van der Waals surface area contributed by atoms with E-state index in [-0.39, 0.29) is 11.5 Å². The minimum Gasteiger partial charge on any atom is -0.494 e. The molecule has 0 spiro atoms. The molecule has 156 valence electrons. The Kier molecular flexibility index (Phi) is 7.21. The molecule has 0 saturated carbocycles. The molecule has 1 aromatic heterocycles. The van der Waals surface area contributed by atoms with Crippen LogP contribution >= 0.6 is 0 Å². The number of carbonyl (C=O) groups is 1. The van der Waals surface area contributed by atoms with Gasteiger partial charge in [0, 0.05) is 24.7 Å². The Morgan fingerprint density at radius 1 is 1.03 bits per heavy atom. The van der Waals surface area contributed by atoms with Crippen LogP contribution in [0.1, 0.15) is 24.2 Å². The number of para-hydroxylation sites is 1. The molecule has 0 aliphatic heterocycles. The standard InChI is InChI=1S/C23H25N3O4/c1-3-29-18-11-9-17(10-12-18)20-15-22(27)26(16-25-20)14-13-24-23(28)19-7-5-6-8-21(19)30-4-2/h5-12,15-16H,3-4,13-14H2,1-2H3,(H,24,28). The first-order valence-electron chi connectivity index (χ1n) is 9.92. The molecule has 7 nitrogen and oxygen atoms in total. The second-order valence-electron chi connectivity index (χ2n) is 6.45. The van der Waals surface area contributed by atoms with E-state index in [0.29, 0.717) is 43.3 Å². The van der Waals surface area contributed by atoms with E-state index < -0.39 is 0 Å². The predicted molar refractivity (Wildman–Crippen MR) is 115 cm³/mol. The topological polar surface area (TPSA) is 82.5 Å². The Balaban J connectivity index is 1.61. The monoisotopic (exact) mass is 407 g/mol. The number of ether oxygens (including phenoxy) is 2. The van der Waals surface area contributed by atoms with Crippen molar-refractivity contribution < 1.29 is 14.3 Å². The van der Waals surface area contributed by atoms with Gasteiger partial charge in [0.15, 0.2) is 0 Å². The third-order valence-electron chi connectivity index (χ3n) is 4.41. The van der Waals surface area contributed by atoms with Crippen molar-refractivity contribution in [1.29, 1.82) is 0 Å². The van der Waals surface area contributed by atoms with Crippen LogP contribution < -0.4 is 20.3 Å². The highest BCUT2D eigenvalue weighted by molar-refractivity contribution is 5.96. The predicted octanol–water partition coefficient (Wildman–Crippen LogP) is 3.14.